The Hall–Kier alpha value is -2.93. The number of aryl methyl sites for hydroxylation is 3. The quantitative estimate of drug-likeness (QED) is 0.532. The van der Waals surface area contributed by atoms with Crippen molar-refractivity contribution >= 4 is 44.2 Å². The highest BCUT2D eigenvalue weighted by molar-refractivity contribution is 7.19. The average molecular weight is 406 g/mol. The molecule has 148 valence electrons. The minimum atomic E-state index is -1.14. The minimum absolute atomic E-state index is 0.309. The Morgan fingerprint density at radius 1 is 1.28 bits per heavy atom. The molecule has 0 bridgehead atoms. The summed E-state index contributed by atoms with van der Waals surface area (Å²) in [4.78, 5) is 26.7. The van der Waals surface area contributed by atoms with Gasteiger partial charge in [0, 0.05) is 28.4 Å². The van der Waals surface area contributed by atoms with Crippen molar-refractivity contribution in [3.63, 3.8) is 0 Å². The van der Waals surface area contributed by atoms with Crippen LogP contribution in [0.4, 0.5) is 5.82 Å². The molecule has 1 atom stereocenters. The molecule has 0 aliphatic heterocycles. The van der Waals surface area contributed by atoms with Gasteiger partial charge in [-0.05, 0) is 49.8 Å². The molecule has 3 heterocycles. The molecule has 0 spiro atoms. The fourth-order valence-electron chi connectivity index (χ4n) is 4.25. The summed E-state index contributed by atoms with van der Waals surface area (Å²) in [7, 11) is 0. The van der Waals surface area contributed by atoms with Gasteiger partial charge in [-0.1, -0.05) is 18.2 Å². The van der Waals surface area contributed by atoms with Gasteiger partial charge in [-0.3, -0.25) is 0 Å². The van der Waals surface area contributed by atoms with Crippen LogP contribution in [-0.4, -0.2) is 27.0 Å². The smallest absolute Gasteiger partial charge is 0.139 e. The molecule has 1 aromatic carbocycles. The summed E-state index contributed by atoms with van der Waals surface area (Å²) in [6.07, 6.45) is 6.57. The van der Waals surface area contributed by atoms with Gasteiger partial charge in [-0.2, -0.15) is 0 Å². The lowest BCUT2D eigenvalue weighted by atomic mass is 9.97. The molecule has 4 aromatic rings. The minimum Gasteiger partial charge on any atom is -0.548 e. The molecule has 5 rings (SSSR count). The van der Waals surface area contributed by atoms with E-state index in [4.69, 9.17) is 0 Å². The van der Waals surface area contributed by atoms with E-state index < -0.39 is 12.0 Å². The number of benzene rings is 1. The second-order valence-corrected chi connectivity index (χ2v) is 8.67. The third-order valence-corrected chi connectivity index (χ3v) is 6.81. The van der Waals surface area contributed by atoms with Crippen molar-refractivity contribution in [2.75, 3.05) is 5.32 Å². The van der Waals surface area contributed by atoms with Gasteiger partial charge >= 0.3 is 0 Å². The zero-order chi connectivity index (χ0) is 20.0. The number of rotatable bonds is 5. The van der Waals surface area contributed by atoms with Gasteiger partial charge in [0.05, 0.1) is 17.4 Å². The second kappa shape index (κ2) is 7.15. The molecule has 6 nitrogen and oxygen atoms in total. The van der Waals surface area contributed by atoms with Crippen LogP contribution in [-0.2, 0) is 24.1 Å². The van der Waals surface area contributed by atoms with Gasteiger partial charge in [-0.15, -0.1) is 11.3 Å². The lowest BCUT2D eigenvalue weighted by Gasteiger charge is -2.21. The van der Waals surface area contributed by atoms with Gasteiger partial charge in [0.15, 0.2) is 0 Å². The first-order valence-corrected chi connectivity index (χ1v) is 10.7. The number of aromatic amines is 1. The first-order valence-electron chi connectivity index (χ1n) is 9.91. The number of carbonyl (C=O) groups is 1. The van der Waals surface area contributed by atoms with E-state index >= 15 is 0 Å². The molecule has 0 saturated carbocycles. The number of nitrogens with zero attached hydrogens (tertiary/aromatic N) is 2. The van der Waals surface area contributed by atoms with E-state index in [-0.39, 0.29) is 0 Å². The molecule has 2 N–H and O–H groups in total. The molecular formula is C22H21N4O2S-. The molecule has 7 heteroatoms. The van der Waals surface area contributed by atoms with Crippen LogP contribution in [0.15, 0.2) is 30.5 Å². The zero-order valence-electron chi connectivity index (χ0n) is 16.1. The van der Waals surface area contributed by atoms with Crippen LogP contribution in [0.5, 0.6) is 0 Å². The lowest BCUT2D eigenvalue weighted by molar-refractivity contribution is -0.306. The number of thiophene rings is 1. The molecule has 0 amide bonds. The van der Waals surface area contributed by atoms with Crippen LogP contribution in [0.3, 0.4) is 0 Å². The van der Waals surface area contributed by atoms with Crippen LogP contribution in [0.1, 0.15) is 34.7 Å². The summed E-state index contributed by atoms with van der Waals surface area (Å²) in [5.41, 5.74) is 3.21. The topological polar surface area (TPSA) is 93.7 Å². The summed E-state index contributed by atoms with van der Waals surface area (Å²) >= 11 is 1.71. The molecule has 1 aliphatic rings. The van der Waals surface area contributed by atoms with Crippen LogP contribution in [0.2, 0.25) is 0 Å². The van der Waals surface area contributed by atoms with Crippen LogP contribution >= 0.6 is 11.3 Å². The Bertz CT molecular complexity index is 1230. The number of hydrogen-bond acceptors (Lipinski definition) is 6. The molecular weight excluding hydrogens is 384 g/mol. The highest BCUT2D eigenvalue weighted by atomic mass is 32.1. The van der Waals surface area contributed by atoms with E-state index in [1.807, 2.05) is 37.4 Å². The van der Waals surface area contributed by atoms with Gasteiger partial charge in [0.2, 0.25) is 0 Å². The fraction of sp³-hybridized carbons (Fsp3) is 0.318. The van der Waals surface area contributed by atoms with Crippen molar-refractivity contribution in [1.82, 2.24) is 15.0 Å². The lowest BCUT2D eigenvalue weighted by Crippen LogP contribution is -2.42. The zero-order valence-corrected chi connectivity index (χ0v) is 16.9. The first-order chi connectivity index (χ1) is 14.1. The molecule has 0 radical (unpaired) electrons. The van der Waals surface area contributed by atoms with Crippen molar-refractivity contribution in [1.29, 1.82) is 0 Å². The summed E-state index contributed by atoms with van der Waals surface area (Å²) in [5.74, 6) is 0.118. The second-order valence-electron chi connectivity index (χ2n) is 7.59. The third-order valence-electron chi connectivity index (χ3n) is 5.62. The number of H-pyrrole nitrogens is 1. The summed E-state index contributed by atoms with van der Waals surface area (Å²) in [6.45, 7) is 1.84. The third kappa shape index (κ3) is 3.25. The Balaban J connectivity index is 1.53. The monoisotopic (exact) mass is 405 g/mol. The predicted octanol–water partition coefficient (Wildman–Crippen LogP) is 3.13. The van der Waals surface area contributed by atoms with Crippen molar-refractivity contribution in [2.45, 2.75) is 45.1 Å². The number of carboxylic acid groups (broad SMARTS) is 1. The van der Waals surface area contributed by atoms with Crippen molar-refractivity contribution in [3.05, 3.63) is 52.3 Å². The van der Waals surface area contributed by atoms with E-state index in [1.165, 1.54) is 16.9 Å². The SMILES string of the molecule is Cc1nc(N[C@H](Cc2c[nH]c3ccccc23)C(=O)[O-])c2c3c(sc2n1)CCCC3. The fourth-order valence-corrected chi connectivity index (χ4v) is 5.55. The van der Waals surface area contributed by atoms with E-state index in [1.54, 1.807) is 11.3 Å². The van der Waals surface area contributed by atoms with E-state index in [0.29, 0.717) is 18.1 Å². The van der Waals surface area contributed by atoms with Crippen LogP contribution in [0, 0.1) is 6.92 Å². The molecule has 3 aromatic heterocycles. The standard InChI is InChI=1S/C22H22N4O2S/c1-12-24-20(19-15-7-3-5-9-18(15)29-21(19)25-12)26-17(22(27)28)10-13-11-23-16-8-4-2-6-14(13)16/h2,4,6,8,11,17,23H,3,5,7,9-10H2,1H3,(H,27,28)(H,24,25,26)/p-1/t17-/m1/s1. The molecule has 0 saturated heterocycles. The van der Waals surface area contributed by atoms with Gasteiger partial charge in [0.25, 0.3) is 0 Å². The highest BCUT2D eigenvalue weighted by Crippen LogP contribution is 2.38. The number of aromatic nitrogens is 3. The number of nitrogens with one attached hydrogen (secondary N) is 2. The molecule has 29 heavy (non-hydrogen) atoms. The van der Waals surface area contributed by atoms with Crippen LogP contribution in [0.25, 0.3) is 21.1 Å². The number of anilines is 1. The molecule has 1 aliphatic carbocycles. The average Bonchev–Trinajstić information content (AvgIpc) is 3.28. The number of hydrogen-bond donors (Lipinski definition) is 2. The maximum Gasteiger partial charge on any atom is 0.139 e. The Kier molecular flexibility index (Phi) is 4.47. The van der Waals surface area contributed by atoms with Gasteiger partial charge < -0.3 is 20.2 Å². The van der Waals surface area contributed by atoms with Crippen molar-refractivity contribution in [3.8, 4) is 0 Å². The number of carbonyl (C=O) groups excluding carboxylic acids is 1. The first kappa shape index (κ1) is 18.1. The summed E-state index contributed by atoms with van der Waals surface area (Å²) < 4.78 is 0. The Morgan fingerprint density at radius 3 is 2.97 bits per heavy atom. The maximum atomic E-state index is 12.0. The van der Waals surface area contributed by atoms with E-state index in [9.17, 15) is 9.90 Å². The van der Waals surface area contributed by atoms with E-state index in [0.717, 1.165) is 45.9 Å². The largest absolute Gasteiger partial charge is 0.548 e. The Morgan fingerprint density at radius 2 is 2.10 bits per heavy atom. The predicted molar refractivity (Wildman–Crippen MR) is 113 cm³/mol. The number of carboxylic acids is 1. The van der Waals surface area contributed by atoms with Crippen molar-refractivity contribution in [2.24, 2.45) is 0 Å². The molecule has 0 unspecified atom stereocenters. The van der Waals surface area contributed by atoms with Crippen molar-refractivity contribution < 1.29 is 9.90 Å². The Labute approximate surface area is 172 Å². The van der Waals surface area contributed by atoms with Gasteiger partial charge in [0.1, 0.15) is 16.5 Å². The number of para-hydroxylation sites is 1. The normalized spacial score (nSPS) is 14.8. The number of fused-ring (bicyclic) bond motifs is 4. The van der Waals surface area contributed by atoms with Crippen LogP contribution < -0.4 is 10.4 Å². The van der Waals surface area contributed by atoms with Gasteiger partial charge in [-0.25, -0.2) is 9.97 Å². The maximum absolute atomic E-state index is 12.0. The highest BCUT2D eigenvalue weighted by Gasteiger charge is 2.23. The molecule has 0 fully saturated rings. The summed E-state index contributed by atoms with van der Waals surface area (Å²) in [6, 6.07) is 7.00. The number of aliphatic carboxylic acids is 1. The van der Waals surface area contributed by atoms with E-state index in [2.05, 4.69) is 20.3 Å². The summed E-state index contributed by atoms with van der Waals surface area (Å²) in [5, 5.41) is 17.2.